The highest BCUT2D eigenvalue weighted by molar-refractivity contribution is 4.34. The average molecular weight is 163 g/mol. The van der Waals surface area contributed by atoms with E-state index in [1.807, 2.05) is 0 Å². The number of hydrogen-bond acceptors (Lipinski definition) is 2. The monoisotopic (exact) mass is 163 g/mol. The first kappa shape index (κ1) is 13.5. The zero-order chi connectivity index (χ0) is 8.04. The summed E-state index contributed by atoms with van der Waals surface area (Å²) >= 11 is 0. The lowest BCUT2D eigenvalue weighted by atomic mass is 10.3. The summed E-state index contributed by atoms with van der Waals surface area (Å²) in [5, 5.41) is 8.69. The third kappa shape index (κ3) is 7.78. The number of likely N-dealkylation sites (N-methyl/N-ethyl adjacent to an activating group) is 1. The van der Waals surface area contributed by atoms with Crippen molar-refractivity contribution in [1.82, 2.24) is 0 Å². The second-order valence-corrected chi connectivity index (χ2v) is 3.46. The lowest BCUT2D eigenvalue weighted by molar-refractivity contribution is -0.890. The maximum absolute atomic E-state index is 8.69. The molecule has 0 heterocycles. The first-order valence-corrected chi connectivity index (χ1v) is 4.05. The van der Waals surface area contributed by atoms with Gasteiger partial charge in [0.1, 0.15) is 6.54 Å². The largest absolute Gasteiger partial charge is 0.870 e. The van der Waals surface area contributed by atoms with Crippen molar-refractivity contribution in [2.24, 2.45) is 0 Å². The van der Waals surface area contributed by atoms with Crippen LogP contribution in [0.5, 0.6) is 0 Å². The Labute approximate surface area is 69.5 Å². The third-order valence-corrected chi connectivity index (χ3v) is 1.82. The first-order chi connectivity index (χ1) is 4.62. The summed E-state index contributed by atoms with van der Waals surface area (Å²) in [6, 6.07) is 0. The van der Waals surface area contributed by atoms with Crippen molar-refractivity contribution < 1.29 is 15.1 Å². The number of aliphatic hydroxyl groups is 1. The molecule has 2 N–H and O–H groups in total. The smallest absolute Gasteiger partial charge is 0.102 e. The fourth-order valence-corrected chi connectivity index (χ4v) is 0.969. The Bertz CT molecular complexity index is 84.2. The molecule has 0 aliphatic carbocycles. The fraction of sp³-hybridized carbons (Fsp3) is 1.00. The summed E-state index contributed by atoms with van der Waals surface area (Å²) in [6.07, 6.45) is 2.50. The molecular formula is C8H21NO2. The van der Waals surface area contributed by atoms with Crippen LogP contribution in [0.3, 0.4) is 0 Å². The van der Waals surface area contributed by atoms with Crippen LogP contribution in [-0.4, -0.2) is 48.9 Å². The molecule has 0 aliphatic rings. The first-order valence-electron chi connectivity index (χ1n) is 4.05. The average Bonchev–Trinajstić information content (AvgIpc) is 1.84. The Balaban J connectivity index is 0. The SMILES string of the molecule is CCCC[N+](C)(C)CCO.[OH-]. The van der Waals surface area contributed by atoms with Crippen molar-refractivity contribution in [2.75, 3.05) is 33.8 Å². The molecule has 0 rings (SSSR count). The Morgan fingerprint density at radius 2 is 1.73 bits per heavy atom. The summed E-state index contributed by atoms with van der Waals surface area (Å²) in [6.45, 7) is 4.55. The molecule has 0 fully saturated rings. The number of rotatable bonds is 5. The molecular weight excluding hydrogens is 142 g/mol. The van der Waals surface area contributed by atoms with Gasteiger partial charge in [-0.15, -0.1) is 0 Å². The van der Waals surface area contributed by atoms with E-state index in [-0.39, 0.29) is 5.48 Å². The highest BCUT2D eigenvalue weighted by Crippen LogP contribution is 1.99. The lowest BCUT2D eigenvalue weighted by Gasteiger charge is -2.28. The number of quaternary nitrogens is 1. The normalized spacial score (nSPS) is 10.9. The Morgan fingerprint density at radius 3 is 2.09 bits per heavy atom. The van der Waals surface area contributed by atoms with Crippen LogP contribution in [0.15, 0.2) is 0 Å². The van der Waals surface area contributed by atoms with Gasteiger partial charge in [-0.3, -0.25) is 0 Å². The molecule has 3 nitrogen and oxygen atoms in total. The molecule has 70 valence electrons. The van der Waals surface area contributed by atoms with Gasteiger partial charge in [-0.25, -0.2) is 0 Å². The summed E-state index contributed by atoms with van der Waals surface area (Å²) in [5.74, 6) is 0. The van der Waals surface area contributed by atoms with E-state index in [9.17, 15) is 0 Å². The van der Waals surface area contributed by atoms with Gasteiger partial charge in [-0.05, 0) is 6.42 Å². The fourth-order valence-electron chi connectivity index (χ4n) is 0.969. The highest BCUT2D eigenvalue weighted by Gasteiger charge is 2.11. The molecule has 11 heavy (non-hydrogen) atoms. The Hall–Kier alpha value is -0.120. The standard InChI is InChI=1S/C8H20NO.H2O/c1-4-5-6-9(2,3)7-8-10;/h10H,4-8H2,1-3H3;1H2/q+1;/p-1. The predicted octanol–water partition coefficient (Wildman–Crippen LogP) is 0.678. The molecule has 0 radical (unpaired) electrons. The van der Waals surface area contributed by atoms with E-state index >= 15 is 0 Å². The van der Waals surface area contributed by atoms with E-state index in [1.165, 1.54) is 19.4 Å². The molecule has 0 aromatic carbocycles. The minimum Gasteiger partial charge on any atom is -0.870 e. The van der Waals surface area contributed by atoms with Gasteiger partial charge in [0.25, 0.3) is 0 Å². The molecule has 0 atom stereocenters. The van der Waals surface area contributed by atoms with E-state index in [1.54, 1.807) is 0 Å². The molecule has 0 spiro atoms. The van der Waals surface area contributed by atoms with Crippen LogP contribution in [0.1, 0.15) is 19.8 Å². The van der Waals surface area contributed by atoms with Gasteiger partial charge in [0.2, 0.25) is 0 Å². The zero-order valence-corrected chi connectivity index (χ0v) is 7.88. The van der Waals surface area contributed by atoms with E-state index in [2.05, 4.69) is 21.0 Å². The van der Waals surface area contributed by atoms with Crippen LogP contribution < -0.4 is 0 Å². The highest BCUT2D eigenvalue weighted by atomic mass is 16.3. The van der Waals surface area contributed by atoms with Crippen molar-refractivity contribution in [3.8, 4) is 0 Å². The van der Waals surface area contributed by atoms with Crippen molar-refractivity contribution in [3.05, 3.63) is 0 Å². The Kier molecular flexibility index (Phi) is 8.06. The van der Waals surface area contributed by atoms with E-state index in [0.717, 1.165) is 11.0 Å². The molecule has 0 unspecified atom stereocenters. The van der Waals surface area contributed by atoms with Gasteiger partial charge in [-0.2, -0.15) is 0 Å². The van der Waals surface area contributed by atoms with Gasteiger partial charge in [-0.1, -0.05) is 13.3 Å². The molecule has 0 saturated heterocycles. The number of nitrogens with zero attached hydrogens (tertiary/aromatic N) is 1. The summed E-state index contributed by atoms with van der Waals surface area (Å²) in [7, 11) is 4.32. The van der Waals surface area contributed by atoms with E-state index < -0.39 is 0 Å². The quantitative estimate of drug-likeness (QED) is 0.606. The minimum atomic E-state index is 0. The zero-order valence-electron chi connectivity index (χ0n) is 7.88. The van der Waals surface area contributed by atoms with Crippen molar-refractivity contribution in [2.45, 2.75) is 19.8 Å². The van der Waals surface area contributed by atoms with Crippen molar-refractivity contribution >= 4 is 0 Å². The number of hydrogen-bond donors (Lipinski definition) is 1. The molecule has 0 saturated carbocycles. The molecule has 0 amide bonds. The Morgan fingerprint density at radius 1 is 1.18 bits per heavy atom. The third-order valence-electron chi connectivity index (χ3n) is 1.82. The molecule has 0 aromatic heterocycles. The van der Waals surface area contributed by atoms with Crippen LogP contribution in [0.2, 0.25) is 0 Å². The summed E-state index contributed by atoms with van der Waals surface area (Å²) < 4.78 is 0.949. The second kappa shape index (κ2) is 6.58. The summed E-state index contributed by atoms with van der Waals surface area (Å²) in [5.41, 5.74) is 0. The van der Waals surface area contributed by atoms with Gasteiger partial charge in [0.15, 0.2) is 0 Å². The van der Waals surface area contributed by atoms with Crippen molar-refractivity contribution in [3.63, 3.8) is 0 Å². The van der Waals surface area contributed by atoms with Gasteiger partial charge in [0.05, 0.1) is 27.2 Å². The molecule has 0 aromatic rings. The van der Waals surface area contributed by atoms with Crippen molar-refractivity contribution in [1.29, 1.82) is 0 Å². The minimum absolute atomic E-state index is 0. The maximum Gasteiger partial charge on any atom is 0.102 e. The van der Waals surface area contributed by atoms with Gasteiger partial charge < -0.3 is 15.1 Å². The topological polar surface area (TPSA) is 50.2 Å². The van der Waals surface area contributed by atoms with Gasteiger partial charge in [0, 0.05) is 0 Å². The lowest BCUT2D eigenvalue weighted by Crippen LogP contribution is -2.42. The predicted molar refractivity (Wildman–Crippen MR) is 45.8 cm³/mol. The molecule has 0 aliphatic heterocycles. The maximum atomic E-state index is 8.69. The van der Waals surface area contributed by atoms with Crippen LogP contribution in [0, 0.1) is 0 Å². The second-order valence-electron chi connectivity index (χ2n) is 3.46. The van der Waals surface area contributed by atoms with Crippen LogP contribution in [0.4, 0.5) is 0 Å². The summed E-state index contributed by atoms with van der Waals surface area (Å²) in [4.78, 5) is 0. The molecule has 0 bridgehead atoms. The van der Waals surface area contributed by atoms with E-state index in [4.69, 9.17) is 5.11 Å². The number of aliphatic hydroxyl groups excluding tert-OH is 1. The van der Waals surface area contributed by atoms with Gasteiger partial charge >= 0.3 is 0 Å². The molecule has 3 heteroatoms. The number of unbranched alkanes of at least 4 members (excludes halogenated alkanes) is 1. The van der Waals surface area contributed by atoms with Crippen LogP contribution in [0.25, 0.3) is 0 Å². The van der Waals surface area contributed by atoms with E-state index in [0.29, 0.717) is 6.61 Å². The van der Waals surface area contributed by atoms with Crippen LogP contribution >= 0.6 is 0 Å². The van der Waals surface area contributed by atoms with Crippen LogP contribution in [-0.2, 0) is 0 Å².